The van der Waals surface area contributed by atoms with Gasteiger partial charge in [0.05, 0.1) is 29.2 Å². The number of benzene rings is 1. The van der Waals surface area contributed by atoms with Crippen molar-refractivity contribution in [2.75, 3.05) is 22.2 Å². The van der Waals surface area contributed by atoms with Crippen molar-refractivity contribution in [1.82, 2.24) is 5.32 Å². The highest BCUT2D eigenvalue weighted by Gasteiger charge is 2.33. The summed E-state index contributed by atoms with van der Waals surface area (Å²) in [5.74, 6) is -0.743. The molecule has 2 aromatic rings. The molecule has 1 aromatic heterocycles. The molecule has 0 saturated carbocycles. The third-order valence-electron chi connectivity index (χ3n) is 4.90. The molecule has 13 heteroatoms. The Morgan fingerprint density at radius 2 is 2.09 bits per heavy atom. The smallest absolute Gasteiger partial charge is 0.387 e. The molecule has 0 unspecified atom stereocenters. The first kappa shape index (κ1) is 24.0. The van der Waals surface area contributed by atoms with Crippen LogP contribution in [0.25, 0.3) is 6.08 Å². The molecule has 0 bridgehead atoms. The van der Waals surface area contributed by atoms with Crippen molar-refractivity contribution in [2.24, 2.45) is 4.99 Å². The Bertz CT molecular complexity index is 1230. The molecular formula is C21H19F2N3O6S2. The van der Waals surface area contributed by atoms with E-state index < -0.39 is 34.3 Å². The van der Waals surface area contributed by atoms with Crippen LogP contribution in [0.2, 0.25) is 0 Å². The highest BCUT2D eigenvalue weighted by atomic mass is 32.2. The second-order valence-electron chi connectivity index (χ2n) is 7.41. The van der Waals surface area contributed by atoms with Crippen molar-refractivity contribution in [2.45, 2.75) is 19.1 Å². The van der Waals surface area contributed by atoms with E-state index in [2.05, 4.69) is 15.0 Å². The summed E-state index contributed by atoms with van der Waals surface area (Å²) in [5.41, 5.74) is 0.399. The molecule has 2 aliphatic rings. The summed E-state index contributed by atoms with van der Waals surface area (Å²) in [7, 11) is -3.14. The number of amides is 2. The van der Waals surface area contributed by atoms with Gasteiger partial charge in [0.2, 0.25) is 5.91 Å². The fraction of sp³-hybridized carbons (Fsp3) is 0.286. The van der Waals surface area contributed by atoms with Gasteiger partial charge in [-0.2, -0.15) is 8.78 Å². The van der Waals surface area contributed by atoms with Gasteiger partial charge in [-0.3, -0.25) is 14.5 Å². The Morgan fingerprint density at radius 1 is 1.32 bits per heavy atom. The number of carbonyl (C=O) groups excluding carboxylic acids is 2. The average Bonchev–Trinajstić information content (AvgIpc) is 3.47. The van der Waals surface area contributed by atoms with Crippen molar-refractivity contribution in [3.63, 3.8) is 0 Å². The molecule has 0 spiro atoms. The van der Waals surface area contributed by atoms with Crippen LogP contribution in [0.15, 0.2) is 57.8 Å². The van der Waals surface area contributed by atoms with Crippen LogP contribution in [0.5, 0.6) is 5.75 Å². The van der Waals surface area contributed by atoms with E-state index >= 15 is 0 Å². The van der Waals surface area contributed by atoms with Gasteiger partial charge in [0, 0.05) is 12.1 Å². The van der Waals surface area contributed by atoms with Crippen molar-refractivity contribution < 1.29 is 35.9 Å². The summed E-state index contributed by atoms with van der Waals surface area (Å²) in [6.07, 6.45) is 3.24. The summed E-state index contributed by atoms with van der Waals surface area (Å²) in [5, 5.41) is 2.88. The predicted molar refractivity (Wildman–Crippen MR) is 122 cm³/mol. The molecule has 4 rings (SSSR count). The fourth-order valence-electron chi connectivity index (χ4n) is 3.41. The molecule has 1 N–H and O–H groups in total. The van der Waals surface area contributed by atoms with Gasteiger partial charge in [-0.15, -0.1) is 0 Å². The lowest BCUT2D eigenvalue weighted by Crippen LogP contribution is -2.37. The second kappa shape index (κ2) is 9.97. The molecule has 1 saturated heterocycles. The second-order valence-corrected chi connectivity index (χ2v) is 10.6. The van der Waals surface area contributed by atoms with Crippen molar-refractivity contribution >= 4 is 50.3 Å². The molecule has 34 heavy (non-hydrogen) atoms. The van der Waals surface area contributed by atoms with Crippen LogP contribution in [-0.2, 0) is 19.4 Å². The molecule has 9 nitrogen and oxygen atoms in total. The Balaban J connectivity index is 1.51. The number of furan rings is 1. The molecule has 0 radical (unpaired) electrons. The van der Waals surface area contributed by atoms with Crippen LogP contribution in [0, 0.1) is 0 Å². The lowest BCUT2D eigenvalue weighted by atomic mass is 10.2. The van der Waals surface area contributed by atoms with E-state index in [1.807, 2.05) is 0 Å². The van der Waals surface area contributed by atoms with E-state index in [9.17, 15) is 26.8 Å². The highest BCUT2D eigenvalue weighted by molar-refractivity contribution is 8.14. The van der Waals surface area contributed by atoms with Crippen LogP contribution in [-0.4, -0.2) is 55.3 Å². The van der Waals surface area contributed by atoms with Crippen LogP contribution in [0.1, 0.15) is 12.2 Å². The standard InChI is InChI=1S/C21H19F2N3O6S2/c22-20(23)32-15-5-3-14(4-6-15)26-19(28)17(10-16-2-1-8-31-16)25-21(26)33-11-18(27)24-13-7-9-34(29,30)12-13/h1-6,8,10,13,20H,7,9,11-12H2,(H,24,27)/b17-10+/t13-/m1/s1. The Hall–Kier alpha value is -3.19. The third-order valence-corrected chi connectivity index (χ3v) is 7.61. The minimum atomic E-state index is -3.14. The number of amidine groups is 1. The monoisotopic (exact) mass is 511 g/mol. The van der Waals surface area contributed by atoms with Crippen molar-refractivity contribution in [3.05, 3.63) is 54.1 Å². The number of anilines is 1. The number of nitrogens with one attached hydrogen (secondary N) is 1. The minimum absolute atomic E-state index is 0.0340. The molecule has 1 aromatic carbocycles. The van der Waals surface area contributed by atoms with E-state index in [-0.39, 0.29) is 33.9 Å². The van der Waals surface area contributed by atoms with Gasteiger partial charge < -0.3 is 14.5 Å². The molecule has 1 fully saturated rings. The molecule has 180 valence electrons. The average molecular weight is 512 g/mol. The maximum atomic E-state index is 13.1. The van der Waals surface area contributed by atoms with Gasteiger partial charge in [0.15, 0.2) is 15.0 Å². The summed E-state index contributed by atoms with van der Waals surface area (Å²) < 4.78 is 57.7. The zero-order valence-corrected chi connectivity index (χ0v) is 19.2. The lowest BCUT2D eigenvalue weighted by molar-refractivity contribution is -0.119. The number of rotatable bonds is 7. The number of hydrogen-bond acceptors (Lipinski definition) is 8. The van der Waals surface area contributed by atoms with Crippen LogP contribution in [0.4, 0.5) is 14.5 Å². The van der Waals surface area contributed by atoms with E-state index in [1.54, 1.807) is 12.1 Å². The number of sulfone groups is 1. The van der Waals surface area contributed by atoms with E-state index in [0.717, 1.165) is 11.8 Å². The normalized spacial score (nSPS) is 20.7. The van der Waals surface area contributed by atoms with Gasteiger partial charge in [-0.1, -0.05) is 11.8 Å². The van der Waals surface area contributed by atoms with Crippen LogP contribution < -0.4 is 15.0 Å². The molecule has 2 aliphatic heterocycles. The maximum absolute atomic E-state index is 13.1. The van der Waals surface area contributed by atoms with Gasteiger partial charge >= 0.3 is 6.61 Å². The van der Waals surface area contributed by atoms with Gasteiger partial charge in [0.25, 0.3) is 5.91 Å². The lowest BCUT2D eigenvalue weighted by Gasteiger charge is -2.18. The molecule has 0 aliphatic carbocycles. The van der Waals surface area contributed by atoms with Gasteiger partial charge in [0.1, 0.15) is 17.2 Å². The highest BCUT2D eigenvalue weighted by Crippen LogP contribution is 2.31. The van der Waals surface area contributed by atoms with Crippen molar-refractivity contribution in [3.8, 4) is 5.75 Å². The summed E-state index contributed by atoms with van der Waals surface area (Å²) >= 11 is 0.984. The molecule has 3 heterocycles. The van der Waals surface area contributed by atoms with E-state index in [1.165, 1.54) is 41.5 Å². The fourth-order valence-corrected chi connectivity index (χ4v) is 5.91. The quantitative estimate of drug-likeness (QED) is 0.568. The third kappa shape index (κ3) is 5.83. The first-order valence-corrected chi connectivity index (χ1v) is 12.9. The Kier molecular flexibility index (Phi) is 7.03. The summed E-state index contributed by atoms with van der Waals surface area (Å²) in [4.78, 5) is 31.0. The number of aliphatic imine (C=N–C) groups is 1. The molecular weight excluding hydrogens is 492 g/mol. The topological polar surface area (TPSA) is 118 Å². The number of hydrogen-bond donors (Lipinski definition) is 1. The van der Waals surface area contributed by atoms with E-state index in [4.69, 9.17) is 4.42 Å². The zero-order valence-electron chi connectivity index (χ0n) is 17.5. The number of halogens is 2. The molecule has 2 amide bonds. The first-order chi connectivity index (χ1) is 16.2. The van der Waals surface area contributed by atoms with Crippen molar-refractivity contribution in [1.29, 1.82) is 0 Å². The molecule has 1 atom stereocenters. The number of alkyl halides is 2. The SMILES string of the molecule is O=C(CSC1=N/C(=C/c2ccco2)C(=O)N1c1ccc(OC(F)F)cc1)N[C@@H]1CCS(=O)(=O)C1. The van der Waals surface area contributed by atoms with E-state index in [0.29, 0.717) is 17.9 Å². The van der Waals surface area contributed by atoms with Gasteiger partial charge in [-0.25, -0.2) is 13.4 Å². The maximum Gasteiger partial charge on any atom is 0.387 e. The van der Waals surface area contributed by atoms with Gasteiger partial charge in [-0.05, 0) is 42.8 Å². The number of carbonyl (C=O) groups is 2. The summed E-state index contributed by atoms with van der Waals surface area (Å²) in [6, 6.07) is 8.27. The number of thioether (sulfide) groups is 1. The predicted octanol–water partition coefficient (Wildman–Crippen LogP) is 2.66. The minimum Gasteiger partial charge on any atom is -0.465 e. The first-order valence-electron chi connectivity index (χ1n) is 10.1. The van der Waals surface area contributed by atoms with Crippen LogP contribution >= 0.6 is 11.8 Å². The zero-order chi connectivity index (χ0) is 24.3. The van der Waals surface area contributed by atoms with Crippen LogP contribution in [0.3, 0.4) is 0 Å². The Morgan fingerprint density at radius 3 is 2.71 bits per heavy atom. The Labute approximate surface area is 197 Å². The number of nitrogens with zero attached hydrogens (tertiary/aromatic N) is 2. The number of ether oxygens (including phenoxy) is 1. The summed E-state index contributed by atoms with van der Waals surface area (Å²) in [6.45, 7) is -2.98. The largest absolute Gasteiger partial charge is 0.465 e.